The van der Waals surface area contributed by atoms with E-state index in [0.29, 0.717) is 42.7 Å². The van der Waals surface area contributed by atoms with E-state index in [-0.39, 0.29) is 5.56 Å². The SMILES string of the molecule is Cc1cc(C2CCN(S(C)(O)O)CC2)ccc1-c1cc2cnc(Nc3ccc(OC4=CN(C)CC4)cc3)nc2n(Cc2nccs2)c1=O. The molecular weight excluding hydrogens is 647 g/mol. The van der Waals surface area contributed by atoms with E-state index in [2.05, 4.69) is 32.3 Å². The molecule has 0 saturated carbocycles. The molecule has 2 aromatic carbocycles. The third-order valence-electron chi connectivity index (χ3n) is 8.99. The van der Waals surface area contributed by atoms with Crippen molar-refractivity contribution >= 4 is 44.8 Å². The van der Waals surface area contributed by atoms with Crippen LogP contribution in [0.4, 0.5) is 11.6 Å². The van der Waals surface area contributed by atoms with Crippen LogP contribution in [0.3, 0.4) is 0 Å². The Balaban J connectivity index is 1.17. The molecule has 0 radical (unpaired) electrons. The highest BCUT2D eigenvalue weighted by molar-refractivity contribution is 8.21. The van der Waals surface area contributed by atoms with E-state index >= 15 is 0 Å². The van der Waals surface area contributed by atoms with Gasteiger partial charge in [0.05, 0.1) is 6.54 Å². The molecule has 0 atom stereocenters. The van der Waals surface area contributed by atoms with Crippen molar-refractivity contribution in [3.05, 3.63) is 105 Å². The number of benzene rings is 2. The van der Waals surface area contributed by atoms with E-state index in [1.807, 2.05) is 61.9 Å². The fourth-order valence-corrected chi connectivity index (χ4v) is 7.94. The molecule has 2 aliphatic rings. The average Bonchev–Trinajstić information content (AvgIpc) is 3.74. The van der Waals surface area contributed by atoms with Crippen LogP contribution in [0.1, 0.15) is 41.3 Å². The number of nitrogens with one attached hydrogen (secondary N) is 1. The van der Waals surface area contributed by atoms with E-state index < -0.39 is 10.8 Å². The number of ether oxygens (including phenoxy) is 1. The topological polar surface area (TPSA) is 129 Å². The van der Waals surface area contributed by atoms with Gasteiger partial charge in [-0.2, -0.15) is 4.98 Å². The lowest BCUT2D eigenvalue weighted by molar-refractivity contribution is 0.289. The smallest absolute Gasteiger partial charge is 0.260 e. The summed E-state index contributed by atoms with van der Waals surface area (Å²) in [6.07, 6.45) is 9.58. The number of rotatable bonds is 9. The van der Waals surface area contributed by atoms with Crippen molar-refractivity contribution < 1.29 is 13.8 Å². The van der Waals surface area contributed by atoms with Gasteiger partial charge in [0.25, 0.3) is 5.56 Å². The Labute approximate surface area is 285 Å². The number of pyridine rings is 1. The van der Waals surface area contributed by atoms with E-state index in [4.69, 9.17) is 9.72 Å². The molecule has 3 N–H and O–H groups in total. The van der Waals surface area contributed by atoms with Gasteiger partial charge in [0.15, 0.2) is 0 Å². The Morgan fingerprint density at radius 3 is 2.50 bits per heavy atom. The third kappa shape index (κ3) is 6.96. The Bertz CT molecular complexity index is 2020. The van der Waals surface area contributed by atoms with Gasteiger partial charge >= 0.3 is 0 Å². The number of aromatic nitrogens is 4. The van der Waals surface area contributed by atoms with Gasteiger partial charge in [-0.1, -0.05) is 18.2 Å². The molecule has 0 spiro atoms. The fraction of sp³-hybridized carbons (Fsp3) is 0.314. The van der Waals surface area contributed by atoms with Gasteiger partial charge in [-0.25, -0.2) is 14.3 Å². The van der Waals surface area contributed by atoms with Crippen molar-refractivity contribution in [3.63, 3.8) is 0 Å². The lowest BCUT2D eigenvalue weighted by Gasteiger charge is -2.43. The van der Waals surface area contributed by atoms with Gasteiger partial charge < -0.3 is 15.0 Å². The summed E-state index contributed by atoms with van der Waals surface area (Å²) < 4.78 is 29.6. The second kappa shape index (κ2) is 13.3. The fourth-order valence-electron chi connectivity index (χ4n) is 6.43. The maximum atomic E-state index is 14.2. The predicted molar refractivity (Wildman–Crippen MR) is 193 cm³/mol. The number of nitrogens with zero attached hydrogens (tertiary/aromatic N) is 6. The van der Waals surface area contributed by atoms with E-state index in [9.17, 15) is 13.9 Å². The minimum absolute atomic E-state index is 0.145. The van der Waals surface area contributed by atoms with Crippen LogP contribution in [-0.4, -0.2) is 70.8 Å². The maximum absolute atomic E-state index is 14.2. The summed E-state index contributed by atoms with van der Waals surface area (Å²) in [7, 11) is -0.652. The molecule has 48 heavy (non-hydrogen) atoms. The van der Waals surface area contributed by atoms with Crippen molar-refractivity contribution in [2.45, 2.75) is 38.6 Å². The summed E-state index contributed by atoms with van der Waals surface area (Å²) in [5.74, 6) is 2.41. The Morgan fingerprint density at radius 2 is 1.83 bits per heavy atom. The van der Waals surface area contributed by atoms with Crippen molar-refractivity contribution in [1.82, 2.24) is 28.7 Å². The molecule has 7 rings (SSSR count). The number of piperidine rings is 1. The van der Waals surface area contributed by atoms with Gasteiger partial charge in [0.2, 0.25) is 5.95 Å². The van der Waals surface area contributed by atoms with Gasteiger partial charge in [0, 0.05) is 80.0 Å². The predicted octanol–water partition coefficient (Wildman–Crippen LogP) is 7.05. The zero-order valence-corrected chi connectivity index (χ0v) is 28.8. The largest absolute Gasteiger partial charge is 0.460 e. The van der Waals surface area contributed by atoms with Crippen LogP contribution in [0.5, 0.6) is 5.75 Å². The normalized spacial score (nSPS) is 16.4. The maximum Gasteiger partial charge on any atom is 0.260 e. The van der Waals surface area contributed by atoms with Crippen LogP contribution in [0.25, 0.3) is 22.2 Å². The summed E-state index contributed by atoms with van der Waals surface area (Å²) in [5, 5.41) is 6.74. The lowest BCUT2D eigenvalue weighted by Crippen LogP contribution is -2.34. The molecule has 2 aliphatic heterocycles. The van der Waals surface area contributed by atoms with E-state index in [1.54, 1.807) is 21.3 Å². The van der Waals surface area contributed by atoms with Gasteiger partial charge in [0.1, 0.15) is 22.2 Å². The summed E-state index contributed by atoms with van der Waals surface area (Å²) in [5.41, 5.74) is 4.84. The highest BCUT2D eigenvalue weighted by Gasteiger charge is 2.27. The summed E-state index contributed by atoms with van der Waals surface area (Å²) in [6.45, 7) is 4.57. The molecule has 5 aromatic rings. The van der Waals surface area contributed by atoms with Crippen LogP contribution in [0, 0.1) is 6.92 Å². The average molecular weight is 686 g/mol. The number of aryl methyl sites for hydroxylation is 1. The Morgan fingerprint density at radius 1 is 1.04 bits per heavy atom. The zero-order valence-electron chi connectivity index (χ0n) is 27.2. The first-order valence-electron chi connectivity index (χ1n) is 15.9. The molecule has 1 saturated heterocycles. The summed E-state index contributed by atoms with van der Waals surface area (Å²) >= 11 is 1.50. The van der Waals surface area contributed by atoms with Crippen molar-refractivity contribution in [2.24, 2.45) is 0 Å². The summed E-state index contributed by atoms with van der Waals surface area (Å²) in [6, 6.07) is 15.8. The minimum Gasteiger partial charge on any atom is -0.460 e. The minimum atomic E-state index is -2.68. The number of anilines is 2. The second-order valence-corrected chi connectivity index (χ2v) is 15.6. The van der Waals surface area contributed by atoms with Crippen LogP contribution >= 0.6 is 22.1 Å². The molecule has 0 amide bonds. The molecule has 11 nitrogen and oxygen atoms in total. The quantitative estimate of drug-likeness (QED) is 0.149. The van der Waals surface area contributed by atoms with Crippen LogP contribution < -0.4 is 15.6 Å². The molecule has 13 heteroatoms. The van der Waals surface area contributed by atoms with Crippen LogP contribution in [0.2, 0.25) is 0 Å². The van der Waals surface area contributed by atoms with E-state index in [0.717, 1.165) is 64.5 Å². The van der Waals surface area contributed by atoms with Gasteiger partial charge in [-0.15, -0.1) is 22.1 Å². The molecule has 0 aliphatic carbocycles. The standard InChI is InChI=1S/C35H39N7O4S2/c1-23-18-25(24-10-15-41(16-11-24)48(3,44)45)4-9-30(23)31-19-26-20-37-35(39-33(26)42(34(31)43)22-32-36-13-17-47-32)38-27-5-7-28(8-6-27)46-29-12-14-40(2)21-29/h4-9,13,17-21,24,44-45H,10-12,14-16,22H2,1-3H3,(H,37,38,39). The molecule has 1 fully saturated rings. The highest BCUT2D eigenvalue weighted by atomic mass is 32.3. The van der Waals surface area contributed by atoms with Crippen molar-refractivity contribution in [1.29, 1.82) is 0 Å². The summed E-state index contributed by atoms with van der Waals surface area (Å²) in [4.78, 5) is 30.2. The Kier molecular flexibility index (Phi) is 8.96. The molecule has 3 aromatic heterocycles. The first-order valence-corrected chi connectivity index (χ1v) is 18.7. The van der Waals surface area contributed by atoms with Gasteiger partial charge in [-0.3, -0.25) is 18.5 Å². The second-order valence-electron chi connectivity index (χ2n) is 12.5. The number of hydrogen-bond acceptors (Lipinski definition) is 11. The molecule has 5 heterocycles. The first-order chi connectivity index (χ1) is 23.1. The number of fused-ring (bicyclic) bond motifs is 1. The van der Waals surface area contributed by atoms with Gasteiger partial charge in [-0.05, 0) is 72.7 Å². The number of thiazole rings is 1. The molecule has 250 valence electrons. The zero-order chi connectivity index (χ0) is 33.4. The van der Waals surface area contributed by atoms with Crippen molar-refractivity contribution in [2.75, 3.05) is 38.3 Å². The third-order valence-corrected chi connectivity index (χ3v) is 11.1. The van der Waals surface area contributed by atoms with Crippen LogP contribution in [-0.2, 0) is 6.54 Å². The van der Waals surface area contributed by atoms with Crippen molar-refractivity contribution in [3.8, 4) is 16.9 Å². The lowest BCUT2D eigenvalue weighted by atomic mass is 9.87. The number of hydrogen-bond donors (Lipinski definition) is 3. The van der Waals surface area contributed by atoms with E-state index in [1.165, 1.54) is 23.2 Å². The van der Waals surface area contributed by atoms with Crippen LogP contribution in [0.15, 0.2) is 83.1 Å². The molecule has 0 unspecified atom stereocenters. The Hall–Kier alpha value is -4.27. The monoisotopic (exact) mass is 685 g/mol. The molecule has 0 bridgehead atoms. The highest BCUT2D eigenvalue weighted by Crippen LogP contribution is 2.43. The molecular formula is C35H39N7O4S2. The first kappa shape index (κ1) is 32.3.